The van der Waals surface area contributed by atoms with Gasteiger partial charge in [0.1, 0.15) is 0 Å². The summed E-state index contributed by atoms with van der Waals surface area (Å²) in [6.45, 7) is 1.02. The summed E-state index contributed by atoms with van der Waals surface area (Å²) in [7, 11) is 0. The van der Waals surface area contributed by atoms with Crippen LogP contribution in [-0.4, -0.2) is 40.2 Å². The lowest BCUT2D eigenvalue weighted by atomic mass is 10.3. The second kappa shape index (κ2) is 6.97. The highest BCUT2D eigenvalue weighted by Crippen LogP contribution is 2.23. The van der Waals surface area contributed by atoms with Crippen molar-refractivity contribution >= 4 is 40.9 Å². The zero-order valence-corrected chi connectivity index (χ0v) is 12.0. The van der Waals surface area contributed by atoms with Crippen LogP contribution in [-0.2, 0) is 0 Å². The molecule has 1 heterocycles. The van der Waals surface area contributed by atoms with Crippen LogP contribution in [0.5, 0.6) is 0 Å². The molecule has 0 spiro atoms. The minimum atomic E-state index is 0.633. The van der Waals surface area contributed by atoms with Crippen molar-refractivity contribution in [1.82, 2.24) is 10.6 Å². The summed E-state index contributed by atoms with van der Waals surface area (Å²) in [5, 5.41) is 8.39. The molecule has 2 fully saturated rings. The molecule has 1 atom stereocenters. The maximum atomic E-state index is 5.32. The van der Waals surface area contributed by atoms with E-state index in [-0.39, 0.29) is 0 Å². The normalized spacial score (nSPS) is 26.6. The Balaban J connectivity index is 1.59. The number of hydrogen-bond acceptors (Lipinski definition) is 3. The monoisotopic (exact) mass is 276 g/mol. The summed E-state index contributed by atoms with van der Waals surface area (Å²) in [6, 6.07) is 0.633. The lowest BCUT2D eigenvalue weighted by Gasteiger charge is -2.23. The molecule has 1 aliphatic carbocycles. The average molecular weight is 276 g/mol. The van der Waals surface area contributed by atoms with Crippen molar-refractivity contribution in [3.05, 3.63) is 0 Å². The summed E-state index contributed by atoms with van der Waals surface area (Å²) in [5.41, 5.74) is 0. The maximum Gasteiger partial charge on any atom is 0.166 e. The average Bonchev–Trinajstić information content (AvgIpc) is 2.81. The Hall–Kier alpha value is 0.390. The van der Waals surface area contributed by atoms with Gasteiger partial charge in [-0.15, -0.1) is 0 Å². The molecule has 1 unspecified atom stereocenters. The molecule has 92 valence electrons. The Morgan fingerprint density at radius 1 is 1.25 bits per heavy atom. The predicted octanol–water partition coefficient (Wildman–Crippen LogP) is 2.24. The Bertz CT molecular complexity index is 223. The van der Waals surface area contributed by atoms with Crippen molar-refractivity contribution < 1.29 is 0 Å². The number of nitrogens with one attached hydrogen (secondary N) is 2. The van der Waals surface area contributed by atoms with E-state index in [2.05, 4.69) is 34.2 Å². The molecule has 2 N–H and O–H groups in total. The summed E-state index contributed by atoms with van der Waals surface area (Å²) in [5.74, 6) is 3.87. The highest BCUT2D eigenvalue weighted by Gasteiger charge is 2.17. The lowest BCUT2D eigenvalue weighted by molar-refractivity contribution is 0.621. The van der Waals surface area contributed by atoms with E-state index in [1.165, 1.54) is 42.9 Å². The fraction of sp³-hybridized carbons (Fsp3) is 0.909. The summed E-state index contributed by atoms with van der Waals surface area (Å²) in [4.78, 5) is 0. The van der Waals surface area contributed by atoms with E-state index in [9.17, 15) is 0 Å². The van der Waals surface area contributed by atoms with Crippen LogP contribution < -0.4 is 10.6 Å². The second-order valence-electron chi connectivity index (χ2n) is 4.40. The minimum absolute atomic E-state index is 0.633. The zero-order valence-electron chi connectivity index (χ0n) is 9.54. The van der Waals surface area contributed by atoms with E-state index in [4.69, 9.17) is 12.2 Å². The van der Waals surface area contributed by atoms with Crippen LogP contribution in [0.25, 0.3) is 0 Å². The highest BCUT2D eigenvalue weighted by molar-refractivity contribution is 8.06. The van der Waals surface area contributed by atoms with Gasteiger partial charge in [0, 0.05) is 35.1 Å². The fourth-order valence-electron chi connectivity index (χ4n) is 2.17. The maximum absolute atomic E-state index is 5.32. The molecule has 0 radical (unpaired) electrons. The quantitative estimate of drug-likeness (QED) is 0.770. The number of thiocarbonyl (C=S) groups is 1. The van der Waals surface area contributed by atoms with Crippen molar-refractivity contribution in [2.24, 2.45) is 0 Å². The minimum Gasteiger partial charge on any atom is -0.362 e. The standard InChI is InChI=1S/C11H20N2S3/c14-11(13-9-3-1-2-4-9)12-7-10-8-15-5-6-16-10/h9-10H,1-8H2,(H2,12,13,14). The molecule has 1 saturated heterocycles. The van der Waals surface area contributed by atoms with Crippen LogP contribution in [0.15, 0.2) is 0 Å². The van der Waals surface area contributed by atoms with Crippen LogP contribution >= 0.6 is 35.7 Å². The van der Waals surface area contributed by atoms with Gasteiger partial charge in [-0.1, -0.05) is 12.8 Å². The Morgan fingerprint density at radius 2 is 2.06 bits per heavy atom. The van der Waals surface area contributed by atoms with Gasteiger partial charge in [-0.25, -0.2) is 0 Å². The molecule has 0 aromatic rings. The Labute approximate surface area is 112 Å². The van der Waals surface area contributed by atoms with Gasteiger partial charge in [-0.05, 0) is 25.1 Å². The molecule has 16 heavy (non-hydrogen) atoms. The molecule has 0 aromatic heterocycles. The summed E-state index contributed by atoms with van der Waals surface area (Å²) >= 11 is 9.46. The van der Waals surface area contributed by atoms with Crippen LogP contribution in [0.2, 0.25) is 0 Å². The molecule has 0 bridgehead atoms. The van der Waals surface area contributed by atoms with Crippen molar-refractivity contribution in [3.63, 3.8) is 0 Å². The van der Waals surface area contributed by atoms with Crippen molar-refractivity contribution in [2.45, 2.75) is 37.0 Å². The van der Waals surface area contributed by atoms with Crippen LogP contribution in [0.4, 0.5) is 0 Å². The van der Waals surface area contributed by atoms with Gasteiger partial charge >= 0.3 is 0 Å². The number of hydrogen-bond donors (Lipinski definition) is 2. The van der Waals surface area contributed by atoms with E-state index in [1.807, 2.05) is 0 Å². The number of rotatable bonds is 3. The van der Waals surface area contributed by atoms with Gasteiger partial charge in [-0.2, -0.15) is 23.5 Å². The molecule has 5 heteroatoms. The SMILES string of the molecule is S=C(NCC1CSCCS1)NC1CCCC1. The molecular formula is C11H20N2S3. The van der Waals surface area contributed by atoms with Crippen molar-refractivity contribution in [1.29, 1.82) is 0 Å². The van der Waals surface area contributed by atoms with Crippen LogP contribution in [0.3, 0.4) is 0 Å². The van der Waals surface area contributed by atoms with E-state index in [0.717, 1.165) is 16.9 Å². The number of thioether (sulfide) groups is 2. The van der Waals surface area contributed by atoms with Gasteiger partial charge in [-0.3, -0.25) is 0 Å². The predicted molar refractivity (Wildman–Crippen MR) is 79.6 cm³/mol. The van der Waals surface area contributed by atoms with Gasteiger partial charge in [0.15, 0.2) is 5.11 Å². The molecule has 1 saturated carbocycles. The largest absolute Gasteiger partial charge is 0.362 e. The molecule has 2 rings (SSSR count). The zero-order chi connectivity index (χ0) is 11.2. The molecule has 0 amide bonds. The van der Waals surface area contributed by atoms with Crippen molar-refractivity contribution in [3.8, 4) is 0 Å². The van der Waals surface area contributed by atoms with E-state index in [1.54, 1.807) is 0 Å². The van der Waals surface area contributed by atoms with Crippen LogP contribution in [0, 0.1) is 0 Å². The third kappa shape index (κ3) is 4.34. The fourth-order valence-corrected chi connectivity index (χ4v) is 5.03. The summed E-state index contributed by atoms with van der Waals surface area (Å²) in [6.07, 6.45) is 5.29. The Morgan fingerprint density at radius 3 is 2.75 bits per heavy atom. The first-order valence-corrected chi connectivity index (χ1v) is 8.69. The van der Waals surface area contributed by atoms with Crippen LogP contribution in [0.1, 0.15) is 25.7 Å². The highest BCUT2D eigenvalue weighted by atomic mass is 32.2. The topological polar surface area (TPSA) is 24.1 Å². The van der Waals surface area contributed by atoms with E-state index in [0.29, 0.717) is 6.04 Å². The van der Waals surface area contributed by atoms with Gasteiger partial charge < -0.3 is 10.6 Å². The Kier molecular flexibility index (Phi) is 5.59. The smallest absolute Gasteiger partial charge is 0.166 e. The molecular weight excluding hydrogens is 256 g/mol. The van der Waals surface area contributed by atoms with Gasteiger partial charge in [0.2, 0.25) is 0 Å². The molecule has 1 aliphatic heterocycles. The summed E-state index contributed by atoms with van der Waals surface area (Å²) < 4.78 is 0. The second-order valence-corrected chi connectivity index (χ2v) is 7.37. The first-order valence-electron chi connectivity index (χ1n) is 6.08. The third-order valence-electron chi connectivity index (χ3n) is 3.07. The first-order chi connectivity index (χ1) is 7.84. The third-order valence-corrected chi connectivity index (χ3v) is 6.17. The molecule has 2 nitrogen and oxygen atoms in total. The first kappa shape index (κ1) is 12.8. The molecule has 0 aromatic carbocycles. The van der Waals surface area contributed by atoms with E-state index < -0.39 is 0 Å². The molecule has 2 aliphatic rings. The van der Waals surface area contributed by atoms with Gasteiger partial charge in [0.25, 0.3) is 0 Å². The lowest BCUT2D eigenvalue weighted by Crippen LogP contribution is -2.43. The van der Waals surface area contributed by atoms with Gasteiger partial charge in [0.05, 0.1) is 0 Å². The van der Waals surface area contributed by atoms with E-state index >= 15 is 0 Å². The van der Waals surface area contributed by atoms with Crippen molar-refractivity contribution in [2.75, 3.05) is 23.8 Å².